The highest BCUT2D eigenvalue weighted by atomic mass is 19.4. The van der Waals surface area contributed by atoms with Gasteiger partial charge in [-0.15, -0.1) is 0 Å². The quantitative estimate of drug-likeness (QED) is 0.638. The Bertz CT molecular complexity index is 334. The molecule has 1 N–H and O–H groups in total. The summed E-state index contributed by atoms with van der Waals surface area (Å²) in [4.78, 5) is 8.08. The maximum absolute atomic E-state index is 12.7. The summed E-state index contributed by atoms with van der Waals surface area (Å²) in [5.41, 5.74) is 0. The molecular formula is C14H27F3N4. The number of hydrogen-bond donors (Lipinski definition) is 1. The second kappa shape index (κ2) is 7.87. The van der Waals surface area contributed by atoms with Gasteiger partial charge in [-0.3, -0.25) is 9.89 Å². The van der Waals surface area contributed by atoms with Crippen molar-refractivity contribution in [1.29, 1.82) is 0 Å². The van der Waals surface area contributed by atoms with Crippen LogP contribution in [0, 0.1) is 5.92 Å². The number of rotatable bonds is 4. The van der Waals surface area contributed by atoms with Crippen LogP contribution in [-0.2, 0) is 0 Å². The molecule has 0 spiro atoms. The Morgan fingerprint density at radius 1 is 1.14 bits per heavy atom. The van der Waals surface area contributed by atoms with Gasteiger partial charge in [-0.1, -0.05) is 13.8 Å². The van der Waals surface area contributed by atoms with Gasteiger partial charge >= 0.3 is 6.18 Å². The highest BCUT2D eigenvalue weighted by molar-refractivity contribution is 5.80. The Hall–Kier alpha value is -0.980. The van der Waals surface area contributed by atoms with E-state index in [1.54, 1.807) is 0 Å². The number of piperazine rings is 1. The van der Waals surface area contributed by atoms with Crippen molar-refractivity contribution in [1.82, 2.24) is 15.1 Å². The third-order valence-electron chi connectivity index (χ3n) is 3.58. The van der Waals surface area contributed by atoms with Gasteiger partial charge in [-0.2, -0.15) is 13.2 Å². The molecule has 0 amide bonds. The van der Waals surface area contributed by atoms with E-state index in [0.717, 1.165) is 19.0 Å². The van der Waals surface area contributed by atoms with E-state index in [-0.39, 0.29) is 0 Å². The zero-order valence-electron chi connectivity index (χ0n) is 13.4. The van der Waals surface area contributed by atoms with E-state index in [2.05, 4.69) is 24.2 Å². The molecular weight excluding hydrogens is 281 g/mol. The zero-order valence-corrected chi connectivity index (χ0v) is 13.4. The Morgan fingerprint density at radius 2 is 1.71 bits per heavy atom. The average Bonchev–Trinajstić information content (AvgIpc) is 2.41. The summed E-state index contributed by atoms with van der Waals surface area (Å²) in [5.74, 6) is 1.27. The van der Waals surface area contributed by atoms with Gasteiger partial charge in [0.1, 0.15) is 6.04 Å². The molecule has 0 bridgehead atoms. The summed E-state index contributed by atoms with van der Waals surface area (Å²) in [6.45, 7) is 10.9. The van der Waals surface area contributed by atoms with Crippen molar-refractivity contribution in [2.75, 3.05) is 39.3 Å². The summed E-state index contributed by atoms with van der Waals surface area (Å²) < 4.78 is 38.2. The minimum absolute atomic E-state index is 0.409. The van der Waals surface area contributed by atoms with E-state index in [4.69, 9.17) is 0 Å². The molecule has 124 valence electrons. The van der Waals surface area contributed by atoms with Crippen molar-refractivity contribution in [2.45, 2.75) is 39.9 Å². The molecule has 1 rings (SSSR count). The smallest absolute Gasteiger partial charge is 0.357 e. The molecule has 1 saturated heterocycles. The van der Waals surface area contributed by atoms with Crippen LogP contribution in [0.15, 0.2) is 4.99 Å². The molecule has 7 heteroatoms. The van der Waals surface area contributed by atoms with Crippen molar-refractivity contribution < 1.29 is 13.2 Å². The first-order chi connectivity index (χ1) is 9.75. The summed E-state index contributed by atoms with van der Waals surface area (Å²) in [6, 6.07) is -1.38. The lowest BCUT2D eigenvalue weighted by molar-refractivity contribution is -0.181. The zero-order chi connectivity index (χ0) is 16.0. The fourth-order valence-corrected chi connectivity index (χ4v) is 2.22. The highest BCUT2D eigenvalue weighted by Crippen LogP contribution is 2.25. The van der Waals surface area contributed by atoms with Crippen LogP contribution in [-0.4, -0.2) is 67.2 Å². The number of nitrogens with one attached hydrogen (secondary N) is 1. The van der Waals surface area contributed by atoms with Crippen molar-refractivity contribution in [3.8, 4) is 0 Å². The molecule has 1 heterocycles. The second-order valence-electron chi connectivity index (χ2n) is 5.83. The average molecular weight is 308 g/mol. The van der Waals surface area contributed by atoms with E-state index in [0.29, 0.717) is 32.1 Å². The van der Waals surface area contributed by atoms with Gasteiger partial charge in [0, 0.05) is 39.3 Å². The topological polar surface area (TPSA) is 30.9 Å². The van der Waals surface area contributed by atoms with Crippen molar-refractivity contribution in [3.05, 3.63) is 0 Å². The monoisotopic (exact) mass is 308 g/mol. The second-order valence-corrected chi connectivity index (χ2v) is 5.83. The third-order valence-corrected chi connectivity index (χ3v) is 3.58. The van der Waals surface area contributed by atoms with E-state index < -0.39 is 12.2 Å². The van der Waals surface area contributed by atoms with Crippen LogP contribution in [0.2, 0.25) is 0 Å². The summed E-state index contributed by atoms with van der Waals surface area (Å²) in [7, 11) is 0. The summed E-state index contributed by atoms with van der Waals surface area (Å²) in [6.07, 6.45) is -4.15. The van der Waals surface area contributed by atoms with Gasteiger partial charge in [-0.25, -0.2) is 0 Å². The van der Waals surface area contributed by atoms with Crippen LogP contribution in [0.1, 0.15) is 27.7 Å². The standard InChI is InChI=1S/C14H27F3N4/c1-5-18-13(19-10-11(2)3)21-8-6-20(7-9-21)12(4)14(15,16)17/h11-12H,5-10H2,1-4H3,(H,18,19). The summed E-state index contributed by atoms with van der Waals surface area (Å²) >= 11 is 0. The Labute approximate surface area is 125 Å². The number of hydrogen-bond acceptors (Lipinski definition) is 2. The van der Waals surface area contributed by atoms with Gasteiger partial charge < -0.3 is 10.2 Å². The number of guanidine groups is 1. The normalized spacial score (nSPS) is 20.0. The molecule has 0 aliphatic carbocycles. The highest BCUT2D eigenvalue weighted by Gasteiger charge is 2.41. The molecule has 1 atom stereocenters. The molecule has 21 heavy (non-hydrogen) atoms. The predicted molar refractivity (Wildman–Crippen MR) is 79.5 cm³/mol. The lowest BCUT2D eigenvalue weighted by Gasteiger charge is -2.39. The van der Waals surface area contributed by atoms with Crippen LogP contribution < -0.4 is 5.32 Å². The Morgan fingerprint density at radius 3 is 2.14 bits per heavy atom. The molecule has 0 aromatic heterocycles. The Balaban J connectivity index is 2.58. The fraction of sp³-hybridized carbons (Fsp3) is 0.929. The minimum Gasteiger partial charge on any atom is -0.357 e. The van der Waals surface area contributed by atoms with Gasteiger partial charge in [0.25, 0.3) is 0 Å². The SMILES string of the molecule is CCNC(=NCC(C)C)N1CCN(C(C)C(F)(F)F)CC1. The molecule has 1 unspecified atom stereocenters. The molecule has 1 aliphatic rings. The van der Waals surface area contributed by atoms with Crippen LogP contribution in [0.4, 0.5) is 13.2 Å². The fourth-order valence-electron chi connectivity index (χ4n) is 2.22. The van der Waals surface area contributed by atoms with E-state index in [1.165, 1.54) is 11.8 Å². The van der Waals surface area contributed by atoms with Crippen molar-refractivity contribution >= 4 is 5.96 Å². The lowest BCUT2D eigenvalue weighted by Crippen LogP contribution is -2.56. The van der Waals surface area contributed by atoms with Crippen molar-refractivity contribution in [2.24, 2.45) is 10.9 Å². The van der Waals surface area contributed by atoms with Gasteiger partial charge in [-0.05, 0) is 19.8 Å². The molecule has 1 fully saturated rings. The molecule has 0 saturated carbocycles. The minimum atomic E-state index is -4.15. The largest absolute Gasteiger partial charge is 0.403 e. The van der Waals surface area contributed by atoms with Gasteiger partial charge in [0.05, 0.1) is 0 Å². The molecule has 0 radical (unpaired) electrons. The number of halogens is 3. The third kappa shape index (κ3) is 5.73. The van der Waals surface area contributed by atoms with Crippen molar-refractivity contribution in [3.63, 3.8) is 0 Å². The molecule has 0 aromatic carbocycles. The molecule has 4 nitrogen and oxygen atoms in total. The first-order valence-corrected chi connectivity index (χ1v) is 7.59. The predicted octanol–water partition coefficient (Wildman–Crippen LogP) is 2.18. The van der Waals surface area contributed by atoms with Crippen LogP contribution >= 0.6 is 0 Å². The Kier molecular flexibility index (Phi) is 6.77. The van der Waals surface area contributed by atoms with Crippen LogP contribution in [0.25, 0.3) is 0 Å². The molecule has 0 aromatic rings. The molecule has 1 aliphatic heterocycles. The van der Waals surface area contributed by atoms with E-state index in [1.807, 2.05) is 11.8 Å². The number of alkyl halides is 3. The summed E-state index contributed by atoms with van der Waals surface area (Å²) in [5, 5.41) is 3.22. The first kappa shape index (κ1) is 18.1. The van der Waals surface area contributed by atoms with Crippen LogP contribution in [0.3, 0.4) is 0 Å². The number of nitrogens with zero attached hydrogens (tertiary/aromatic N) is 3. The van der Waals surface area contributed by atoms with Gasteiger partial charge in [0.15, 0.2) is 5.96 Å². The van der Waals surface area contributed by atoms with Crippen LogP contribution in [0.5, 0.6) is 0 Å². The number of aliphatic imine (C=N–C) groups is 1. The van der Waals surface area contributed by atoms with E-state index >= 15 is 0 Å². The maximum atomic E-state index is 12.7. The van der Waals surface area contributed by atoms with Gasteiger partial charge in [0.2, 0.25) is 0 Å². The van der Waals surface area contributed by atoms with E-state index in [9.17, 15) is 13.2 Å². The maximum Gasteiger partial charge on any atom is 0.403 e. The first-order valence-electron chi connectivity index (χ1n) is 7.59. The lowest BCUT2D eigenvalue weighted by atomic mass is 10.2.